The molecule has 0 aliphatic carbocycles. The third-order valence-electron chi connectivity index (χ3n) is 5.58. The normalized spacial score (nSPS) is 16.2. The number of amides is 1. The van der Waals surface area contributed by atoms with Gasteiger partial charge in [-0.15, -0.1) is 0 Å². The molecule has 1 saturated heterocycles. The van der Waals surface area contributed by atoms with Crippen LogP contribution < -0.4 is 16.2 Å². The number of nitrogen functional groups attached to an aromatic ring is 1. The van der Waals surface area contributed by atoms with Gasteiger partial charge in [0.25, 0.3) is 11.5 Å². The van der Waals surface area contributed by atoms with Gasteiger partial charge in [0.15, 0.2) is 5.82 Å². The standard InChI is InChI=1S/C19H25N7O3/c1-10(2)11(3)26-8-12(17-16(19(26)28)18(20)22-21-17)13-7-14(24(4)23-13)25-5-6-29-9-15(25)27/h7-8,10-11H,5-6,9H2,1-4H3,(H3,20,21,22). The quantitative estimate of drug-likeness (QED) is 0.681. The van der Waals surface area contributed by atoms with Gasteiger partial charge in [-0.05, 0) is 12.8 Å². The van der Waals surface area contributed by atoms with Crippen molar-refractivity contribution in [2.24, 2.45) is 13.0 Å². The molecular formula is C19H25N7O3. The lowest BCUT2D eigenvalue weighted by Crippen LogP contribution is -2.42. The number of rotatable bonds is 4. The Bertz CT molecular complexity index is 1140. The molecule has 1 atom stereocenters. The second-order valence-electron chi connectivity index (χ2n) is 7.71. The van der Waals surface area contributed by atoms with Crippen LogP contribution in [0, 0.1) is 5.92 Å². The van der Waals surface area contributed by atoms with E-state index < -0.39 is 0 Å². The van der Waals surface area contributed by atoms with Crippen molar-refractivity contribution in [3.05, 3.63) is 22.6 Å². The Kier molecular flexibility index (Phi) is 4.65. The van der Waals surface area contributed by atoms with Gasteiger partial charge < -0.3 is 15.0 Å². The van der Waals surface area contributed by atoms with E-state index in [9.17, 15) is 9.59 Å². The number of nitrogens with zero attached hydrogens (tertiary/aromatic N) is 5. The molecule has 0 aromatic carbocycles. The molecule has 0 spiro atoms. The van der Waals surface area contributed by atoms with Gasteiger partial charge in [0.2, 0.25) is 0 Å². The minimum absolute atomic E-state index is 0.0380. The molecule has 0 saturated carbocycles. The average Bonchev–Trinajstić information content (AvgIpc) is 3.25. The number of pyridine rings is 1. The van der Waals surface area contributed by atoms with E-state index in [0.717, 1.165) is 0 Å². The largest absolute Gasteiger partial charge is 0.382 e. The molecule has 3 N–H and O–H groups in total. The zero-order valence-corrected chi connectivity index (χ0v) is 17.0. The third kappa shape index (κ3) is 3.09. The first-order chi connectivity index (χ1) is 13.8. The summed E-state index contributed by atoms with van der Waals surface area (Å²) in [6.07, 6.45) is 1.79. The van der Waals surface area contributed by atoms with Crippen LogP contribution in [0.5, 0.6) is 0 Å². The number of carbonyl (C=O) groups excluding carboxylic acids is 1. The van der Waals surface area contributed by atoms with E-state index >= 15 is 0 Å². The van der Waals surface area contributed by atoms with Gasteiger partial charge in [-0.2, -0.15) is 10.2 Å². The Hall–Kier alpha value is -3.14. The van der Waals surface area contributed by atoms with Crippen molar-refractivity contribution >= 4 is 28.4 Å². The zero-order chi connectivity index (χ0) is 20.9. The number of hydrogen-bond acceptors (Lipinski definition) is 6. The number of nitrogens with one attached hydrogen (secondary N) is 1. The number of aromatic amines is 1. The van der Waals surface area contributed by atoms with Gasteiger partial charge >= 0.3 is 0 Å². The van der Waals surface area contributed by atoms with Gasteiger partial charge in [0.1, 0.15) is 17.8 Å². The number of aromatic nitrogens is 5. The highest BCUT2D eigenvalue weighted by Crippen LogP contribution is 2.31. The van der Waals surface area contributed by atoms with Crippen molar-refractivity contribution in [3.63, 3.8) is 0 Å². The second kappa shape index (κ2) is 7.03. The Balaban J connectivity index is 1.90. The summed E-state index contributed by atoms with van der Waals surface area (Å²) in [4.78, 5) is 26.9. The number of hydrogen-bond donors (Lipinski definition) is 2. The van der Waals surface area contributed by atoms with E-state index in [4.69, 9.17) is 10.5 Å². The van der Waals surface area contributed by atoms with Gasteiger partial charge in [0, 0.05) is 30.9 Å². The summed E-state index contributed by atoms with van der Waals surface area (Å²) >= 11 is 0. The van der Waals surface area contributed by atoms with Crippen LogP contribution in [-0.2, 0) is 16.6 Å². The molecule has 3 aromatic heterocycles. The summed E-state index contributed by atoms with van der Waals surface area (Å²) in [5, 5.41) is 11.9. The highest BCUT2D eigenvalue weighted by Gasteiger charge is 2.26. The molecule has 0 radical (unpaired) electrons. The van der Waals surface area contributed by atoms with Crippen molar-refractivity contribution in [2.45, 2.75) is 26.8 Å². The van der Waals surface area contributed by atoms with Crippen LogP contribution in [0.1, 0.15) is 26.8 Å². The fourth-order valence-corrected chi connectivity index (χ4v) is 3.58. The summed E-state index contributed by atoms with van der Waals surface area (Å²) in [5.41, 5.74) is 7.68. The molecule has 1 aliphatic heterocycles. The molecule has 1 amide bonds. The second-order valence-corrected chi connectivity index (χ2v) is 7.71. The smallest absolute Gasteiger partial charge is 0.264 e. The number of morpholine rings is 1. The molecule has 4 rings (SSSR count). The van der Waals surface area contributed by atoms with Crippen molar-refractivity contribution in [1.82, 2.24) is 24.5 Å². The maximum atomic E-state index is 13.0. The molecule has 29 heavy (non-hydrogen) atoms. The third-order valence-corrected chi connectivity index (χ3v) is 5.58. The molecule has 4 heterocycles. The lowest BCUT2D eigenvalue weighted by molar-refractivity contribution is -0.125. The number of ether oxygens (including phenoxy) is 1. The number of fused-ring (bicyclic) bond motifs is 1. The molecule has 1 fully saturated rings. The molecule has 10 nitrogen and oxygen atoms in total. The van der Waals surface area contributed by atoms with E-state index in [1.807, 2.05) is 13.0 Å². The van der Waals surface area contributed by atoms with Crippen molar-refractivity contribution in [2.75, 3.05) is 30.4 Å². The van der Waals surface area contributed by atoms with Crippen LogP contribution in [0.3, 0.4) is 0 Å². The summed E-state index contributed by atoms with van der Waals surface area (Å²) in [5.74, 6) is 0.969. The van der Waals surface area contributed by atoms with Crippen LogP contribution in [0.15, 0.2) is 17.1 Å². The van der Waals surface area contributed by atoms with Crippen LogP contribution in [0.2, 0.25) is 0 Å². The summed E-state index contributed by atoms with van der Waals surface area (Å²) in [7, 11) is 1.78. The first-order valence-electron chi connectivity index (χ1n) is 9.60. The minimum Gasteiger partial charge on any atom is -0.382 e. The highest BCUT2D eigenvalue weighted by atomic mass is 16.5. The number of H-pyrrole nitrogens is 1. The van der Waals surface area contributed by atoms with E-state index in [1.54, 1.807) is 27.4 Å². The maximum absolute atomic E-state index is 13.0. The molecule has 0 bridgehead atoms. The first-order valence-corrected chi connectivity index (χ1v) is 9.60. The van der Waals surface area contributed by atoms with Gasteiger partial charge in [-0.3, -0.25) is 24.3 Å². The van der Waals surface area contributed by atoms with Gasteiger partial charge in [-0.1, -0.05) is 13.8 Å². The summed E-state index contributed by atoms with van der Waals surface area (Å²) in [6, 6.07) is 1.80. The van der Waals surface area contributed by atoms with Gasteiger partial charge in [-0.25, -0.2) is 0 Å². The van der Waals surface area contributed by atoms with Crippen LogP contribution in [-0.4, -0.2) is 50.2 Å². The zero-order valence-electron chi connectivity index (χ0n) is 17.0. The predicted octanol–water partition coefficient (Wildman–Crippen LogP) is 1.29. The molecule has 154 valence electrons. The molecule has 3 aromatic rings. The lowest BCUT2D eigenvalue weighted by Gasteiger charge is -2.26. The summed E-state index contributed by atoms with van der Waals surface area (Å²) in [6.45, 7) is 7.11. The maximum Gasteiger partial charge on any atom is 0.264 e. The van der Waals surface area contributed by atoms with E-state index in [2.05, 4.69) is 29.1 Å². The fourth-order valence-electron chi connectivity index (χ4n) is 3.58. The molecule has 1 aliphatic rings. The summed E-state index contributed by atoms with van der Waals surface area (Å²) < 4.78 is 8.56. The van der Waals surface area contributed by atoms with Crippen LogP contribution in [0.4, 0.5) is 11.6 Å². The minimum atomic E-state index is -0.185. The number of carbonyl (C=O) groups is 1. The SMILES string of the molecule is CC(C)C(C)n1cc(-c2cc(N3CCOCC3=O)n(C)n2)c2[nH]nc(N)c2c1=O. The number of aryl methyl sites for hydroxylation is 1. The van der Waals surface area contributed by atoms with Crippen molar-refractivity contribution < 1.29 is 9.53 Å². The Morgan fingerprint density at radius 2 is 2.03 bits per heavy atom. The Morgan fingerprint density at radius 1 is 1.28 bits per heavy atom. The van der Waals surface area contributed by atoms with E-state index in [0.29, 0.717) is 41.1 Å². The highest BCUT2D eigenvalue weighted by molar-refractivity contribution is 5.99. The lowest BCUT2D eigenvalue weighted by atomic mass is 10.0. The molecule has 1 unspecified atom stereocenters. The fraction of sp³-hybridized carbons (Fsp3) is 0.474. The predicted molar refractivity (Wildman–Crippen MR) is 110 cm³/mol. The Labute approximate surface area is 167 Å². The van der Waals surface area contributed by atoms with Crippen molar-refractivity contribution in [1.29, 1.82) is 0 Å². The molecular weight excluding hydrogens is 374 g/mol. The topological polar surface area (TPSA) is 124 Å². The Morgan fingerprint density at radius 3 is 2.72 bits per heavy atom. The van der Waals surface area contributed by atoms with Crippen molar-refractivity contribution in [3.8, 4) is 11.3 Å². The number of nitrogens with two attached hydrogens (primary N) is 1. The first kappa shape index (κ1) is 19.2. The molecule has 10 heteroatoms. The monoisotopic (exact) mass is 399 g/mol. The average molecular weight is 399 g/mol. The van der Waals surface area contributed by atoms with Crippen LogP contribution in [0.25, 0.3) is 22.2 Å². The van der Waals surface area contributed by atoms with Gasteiger partial charge in [0.05, 0.1) is 24.4 Å². The van der Waals surface area contributed by atoms with Crippen LogP contribution >= 0.6 is 0 Å². The number of anilines is 2. The van der Waals surface area contributed by atoms with E-state index in [-0.39, 0.29) is 35.9 Å². The van der Waals surface area contributed by atoms with E-state index in [1.165, 1.54) is 0 Å².